The Bertz CT molecular complexity index is 492. The van der Waals surface area contributed by atoms with E-state index in [0.29, 0.717) is 6.54 Å². The molecule has 0 spiro atoms. The molecule has 1 N–H and O–H groups in total. The van der Waals surface area contributed by atoms with E-state index in [2.05, 4.69) is 29.2 Å². The Balaban J connectivity index is 1.62. The average molecular weight is 273 g/mol. The Hall–Kier alpha value is -1.35. The van der Waals surface area contributed by atoms with Crippen LogP contribution in [0.5, 0.6) is 0 Å². The van der Waals surface area contributed by atoms with Gasteiger partial charge in [-0.2, -0.15) is 0 Å². The van der Waals surface area contributed by atoms with Crippen LogP contribution in [-0.2, 0) is 11.3 Å². The third-order valence-corrected chi connectivity index (χ3v) is 5.00. The van der Waals surface area contributed by atoms with Crippen molar-refractivity contribution in [3.63, 3.8) is 0 Å². The lowest BCUT2D eigenvalue weighted by atomic mass is 9.84. The van der Waals surface area contributed by atoms with Crippen molar-refractivity contribution < 1.29 is 9.90 Å². The van der Waals surface area contributed by atoms with Gasteiger partial charge in [-0.05, 0) is 49.3 Å². The molecule has 3 nitrogen and oxygen atoms in total. The monoisotopic (exact) mass is 273 g/mol. The molecule has 1 aromatic carbocycles. The maximum absolute atomic E-state index is 11.5. The summed E-state index contributed by atoms with van der Waals surface area (Å²) in [5.74, 6) is 0.169. The van der Waals surface area contributed by atoms with Gasteiger partial charge < -0.3 is 5.11 Å². The van der Waals surface area contributed by atoms with Crippen LogP contribution in [0.4, 0.5) is 0 Å². The number of benzene rings is 1. The van der Waals surface area contributed by atoms with Crippen LogP contribution in [0.2, 0.25) is 0 Å². The van der Waals surface area contributed by atoms with E-state index in [1.807, 2.05) is 6.92 Å². The third-order valence-electron chi connectivity index (χ3n) is 5.00. The highest BCUT2D eigenvalue weighted by molar-refractivity contribution is 5.75. The molecular weight excluding hydrogens is 250 g/mol. The molecule has 0 aromatic heterocycles. The molecule has 1 aromatic rings. The lowest BCUT2D eigenvalue weighted by molar-refractivity contribution is -0.148. The third kappa shape index (κ3) is 2.59. The van der Waals surface area contributed by atoms with Gasteiger partial charge in [0.05, 0.1) is 5.41 Å². The zero-order valence-corrected chi connectivity index (χ0v) is 12.1. The fourth-order valence-corrected chi connectivity index (χ4v) is 3.28. The molecule has 0 amide bonds. The van der Waals surface area contributed by atoms with Crippen LogP contribution < -0.4 is 0 Å². The maximum Gasteiger partial charge on any atom is 0.310 e. The van der Waals surface area contributed by atoms with Crippen molar-refractivity contribution in [1.29, 1.82) is 0 Å². The van der Waals surface area contributed by atoms with Crippen LogP contribution >= 0.6 is 0 Å². The van der Waals surface area contributed by atoms with E-state index in [1.165, 1.54) is 24.0 Å². The summed E-state index contributed by atoms with van der Waals surface area (Å²) in [6, 6.07) is 8.90. The molecule has 20 heavy (non-hydrogen) atoms. The number of carboxylic acid groups (broad SMARTS) is 1. The van der Waals surface area contributed by atoms with E-state index in [-0.39, 0.29) is 0 Å². The topological polar surface area (TPSA) is 40.5 Å². The second kappa shape index (κ2) is 5.21. The first-order valence-corrected chi connectivity index (χ1v) is 7.67. The fourth-order valence-electron chi connectivity index (χ4n) is 3.28. The fraction of sp³-hybridized carbons (Fsp3) is 0.588. The number of nitrogens with zero attached hydrogens (tertiary/aromatic N) is 1. The second-order valence-electron chi connectivity index (χ2n) is 6.42. The van der Waals surface area contributed by atoms with Gasteiger partial charge in [0, 0.05) is 13.1 Å². The normalized spacial score (nSPS) is 26.9. The van der Waals surface area contributed by atoms with Gasteiger partial charge in [-0.25, -0.2) is 0 Å². The second-order valence-corrected chi connectivity index (χ2v) is 6.42. The number of rotatable bonds is 5. The summed E-state index contributed by atoms with van der Waals surface area (Å²) in [6.07, 6.45) is 4.17. The average Bonchev–Trinajstić information content (AvgIpc) is 3.21. The molecule has 1 atom stereocenters. The number of aliphatic carboxylic acids is 1. The van der Waals surface area contributed by atoms with E-state index in [1.54, 1.807) is 0 Å². The van der Waals surface area contributed by atoms with Gasteiger partial charge >= 0.3 is 5.97 Å². The molecule has 1 saturated heterocycles. The number of hydrogen-bond donors (Lipinski definition) is 1. The quantitative estimate of drug-likeness (QED) is 0.895. The highest BCUT2D eigenvalue weighted by Crippen LogP contribution is 2.40. The van der Waals surface area contributed by atoms with E-state index in [0.717, 1.165) is 31.8 Å². The molecule has 1 saturated carbocycles. The van der Waals surface area contributed by atoms with Gasteiger partial charge in [-0.15, -0.1) is 0 Å². The molecule has 2 aliphatic rings. The first-order chi connectivity index (χ1) is 9.63. The predicted octanol–water partition coefficient (Wildman–Crippen LogP) is 3.25. The van der Waals surface area contributed by atoms with Crippen LogP contribution in [0.15, 0.2) is 24.3 Å². The maximum atomic E-state index is 11.5. The highest BCUT2D eigenvalue weighted by Gasteiger charge is 2.43. The molecule has 1 aliphatic carbocycles. The van der Waals surface area contributed by atoms with Crippen molar-refractivity contribution in [2.45, 2.75) is 45.1 Å². The summed E-state index contributed by atoms with van der Waals surface area (Å²) in [7, 11) is 0. The SMILES string of the molecule is CCC1(C(=O)O)CCN(Cc2ccc(C3CC3)cc2)C1. The minimum atomic E-state index is -0.633. The highest BCUT2D eigenvalue weighted by atomic mass is 16.4. The lowest BCUT2D eigenvalue weighted by Crippen LogP contribution is -2.33. The summed E-state index contributed by atoms with van der Waals surface area (Å²) >= 11 is 0. The summed E-state index contributed by atoms with van der Waals surface area (Å²) < 4.78 is 0. The zero-order chi connectivity index (χ0) is 14.2. The minimum absolute atomic E-state index is 0.520. The van der Waals surface area contributed by atoms with Crippen LogP contribution in [0.1, 0.15) is 49.7 Å². The Morgan fingerprint density at radius 1 is 1.35 bits per heavy atom. The van der Waals surface area contributed by atoms with Crippen molar-refractivity contribution in [2.75, 3.05) is 13.1 Å². The molecule has 1 unspecified atom stereocenters. The smallest absolute Gasteiger partial charge is 0.310 e. The van der Waals surface area contributed by atoms with Crippen molar-refractivity contribution in [1.82, 2.24) is 4.90 Å². The number of likely N-dealkylation sites (tertiary alicyclic amines) is 1. The molecule has 0 radical (unpaired) electrons. The van der Waals surface area contributed by atoms with Crippen molar-refractivity contribution in [3.05, 3.63) is 35.4 Å². The number of carbonyl (C=O) groups is 1. The Morgan fingerprint density at radius 3 is 2.55 bits per heavy atom. The number of hydrogen-bond acceptors (Lipinski definition) is 2. The molecule has 3 rings (SSSR count). The summed E-state index contributed by atoms with van der Waals surface area (Å²) in [4.78, 5) is 13.7. The zero-order valence-electron chi connectivity index (χ0n) is 12.1. The Kier molecular flexibility index (Phi) is 3.55. The van der Waals surface area contributed by atoms with Gasteiger partial charge in [0.1, 0.15) is 0 Å². The first kappa shape index (κ1) is 13.6. The predicted molar refractivity (Wildman–Crippen MR) is 78.7 cm³/mol. The molecule has 108 valence electrons. The number of carboxylic acids is 1. The van der Waals surface area contributed by atoms with Crippen LogP contribution in [-0.4, -0.2) is 29.1 Å². The summed E-state index contributed by atoms with van der Waals surface area (Å²) in [5, 5.41) is 9.43. The summed E-state index contributed by atoms with van der Waals surface area (Å²) in [6.45, 7) is 4.44. The van der Waals surface area contributed by atoms with Gasteiger partial charge in [-0.1, -0.05) is 31.2 Å². The largest absolute Gasteiger partial charge is 0.481 e. The standard InChI is InChI=1S/C17H23NO2/c1-2-17(16(19)20)9-10-18(12-17)11-13-3-5-14(6-4-13)15-7-8-15/h3-6,15H,2,7-12H2,1H3,(H,19,20). The molecule has 2 fully saturated rings. The van der Waals surface area contributed by atoms with Crippen molar-refractivity contribution in [3.8, 4) is 0 Å². The van der Waals surface area contributed by atoms with E-state index >= 15 is 0 Å². The van der Waals surface area contributed by atoms with E-state index < -0.39 is 11.4 Å². The molecule has 1 heterocycles. The first-order valence-electron chi connectivity index (χ1n) is 7.67. The van der Waals surface area contributed by atoms with Gasteiger partial charge in [0.15, 0.2) is 0 Å². The molecule has 1 aliphatic heterocycles. The summed E-state index contributed by atoms with van der Waals surface area (Å²) in [5.41, 5.74) is 2.24. The van der Waals surface area contributed by atoms with E-state index in [4.69, 9.17) is 0 Å². The van der Waals surface area contributed by atoms with Gasteiger partial charge in [0.25, 0.3) is 0 Å². The van der Waals surface area contributed by atoms with Crippen LogP contribution in [0.25, 0.3) is 0 Å². The van der Waals surface area contributed by atoms with Gasteiger partial charge in [-0.3, -0.25) is 9.69 Å². The Morgan fingerprint density at radius 2 is 2.05 bits per heavy atom. The molecular formula is C17H23NO2. The van der Waals surface area contributed by atoms with Gasteiger partial charge in [0.2, 0.25) is 0 Å². The molecule has 0 bridgehead atoms. The van der Waals surface area contributed by atoms with Crippen molar-refractivity contribution in [2.24, 2.45) is 5.41 Å². The minimum Gasteiger partial charge on any atom is -0.481 e. The lowest BCUT2D eigenvalue weighted by Gasteiger charge is -2.23. The Labute approximate surface area is 120 Å². The molecule has 3 heteroatoms. The van der Waals surface area contributed by atoms with Crippen molar-refractivity contribution >= 4 is 5.97 Å². The van der Waals surface area contributed by atoms with Crippen LogP contribution in [0, 0.1) is 5.41 Å². The van der Waals surface area contributed by atoms with Crippen LogP contribution in [0.3, 0.4) is 0 Å². The van der Waals surface area contributed by atoms with E-state index in [9.17, 15) is 9.90 Å².